The average molecular weight is 226 g/mol. The number of hydrogen-bond acceptors (Lipinski definition) is 2. The second-order valence-electron chi connectivity index (χ2n) is 4.50. The number of aryl methyl sites for hydroxylation is 2. The zero-order valence-electron chi connectivity index (χ0n) is 9.82. The van der Waals surface area contributed by atoms with Gasteiger partial charge in [-0.15, -0.1) is 0 Å². The molecule has 0 aliphatic heterocycles. The molecule has 2 heteroatoms. The van der Waals surface area contributed by atoms with Crippen molar-refractivity contribution < 1.29 is 9.53 Å². The quantitative estimate of drug-likeness (QED) is 0.736. The summed E-state index contributed by atoms with van der Waals surface area (Å²) < 4.78 is 5.10. The monoisotopic (exact) mass is 226 g/mol. The van der Waals surface area contributed by atoms with Crippen LogP contribution in [0.4, 0.5) is 0 Å². The summed E-state index contributed by atoms with van der Waals surface area (Å²) in [4.78, 5) is 10.9. The summed E-state index contributed by atoms with van der Waals surface area (Å²) >= 11 is 0. The van der Waals surface area contributed by atoms with Crippen molar-refractivity contribution in [2.24, 2.45) is 0 Å². The molecule has 1 aliphatic rings. The van der Waals surface area contributed by atoms with E-state index < -0.39 is 0 Å². The van der Waals surface area contributed by atoms with Gasteiger partial charge in [0.25, 0.3) is 0 Å². The summed E-state index contributed by atoms with van der Waals surface area (Å²) in [6.07, 6.45) is 2.26. The van der Waals surface area contributed by atoms with E-state index in [9.17, 15) is 4.79 Å². The summed E-state index contributed by atoms with van der Waals surface area (Å²) in [5, 5.41) is 2.61. The first-order valence-electron chi connectivity index (χ1n) is 5.91. The van der Waals surface area contributed by atoms with Gasteiger partial charge < -0.3 is 4.74 Å². The normalized spacial score (nSPS) is 13.0. The van der Waals surface area contributed by atoms with Crippen molar-refractivity contribution in [2.75, 3.05) is 0 Å². The Balaban J connectivity index is 2.12. The smallest absolute Gasteiger partial charge is 0.302 e. The molecular weight excluding hydrogens is 212 g/mol. The Kier molecular flexibility index (Phi) is 2.36. The summed E-state index contributed by atoms with van der Waals surface area (Å²) in [6, 6.07) is 10.6. The van der Waals surface area contributed by atoms with Crippen molar-refractivity contribution in [3.63, 3.8) is 0 Å². The fraction of sp³-hybridized carbons (Fsp3) is 0.267. The van der Waals surface area contributed by atoms with Crippen LogP contribution < -0.4 is 0 Å². The van der Waals surface area contributed by atoms with Crippen molar-refractivity contribution >= 4 is 16.7 Å². The fourth-order valence-corrected chi connectivity index (χ4v) is 2.61. The predicted octanol–water partition coefficient (Wildman–Crippen LogP) is 3.00. The summed E-state index contributed by atoms with van der Waals surface area (Å²) in [5.74, 6) is -0.228. The Morgan fingerprint density at radius 1 is 1.18 bits per heavy atom. The van der Waals surface area contributed by atoms with Gasteiger partial charge >= 0.3 is 5.97 Å². The van der Waals surface area contributed by atoms with Gasteiger partial charge in [-0.2, -0.15) is 0 Å². The van der Waals surface area contributed by atoms with Gasteiger partial charge in [0, 0.05) is 6.92 Å². The van der Waals surface area contributed by atoms with Crippen LogP contribution in [-0.2, 0) is 29.0 Å². The molecule has 0 heterocycles. The van der Waals surface area contributed by atoms with Crippen LogP contribution in [-0.4, -0.2) is 5.97 Å². The van der Waals surface area contributed by atoms with E-state index in [0.717, 1.165) is 18.4 Å². The maximum Gasteiger partial charge on any atom is 0.302 e. The highest BCUT2D eigenvalue weighted by Crippen LogP contribution is 2.32. The van der Waals surface area contributed by atoms with E-state index in [1.807, 2.05) is 0 Å². The van der Waals surface area contributed by atoms with Crippen molar-refractivity contribution in [3.8, 4) is 0 Å². The van der Waals surface area contributed by atoms with E-state index in [1.165, 1.54) is 28.8 Å². The number of esters is 1. The molecule has 0 saturated carbocycles. The van der Waals surface area contributed by atoms with E-state index >= 15 is 0 Å². The molecule has 0 fully saturated rings. The van der Waals surface area contributed by atoms with E-state index in [-0.39, 0.29) is 5.97 Å². The number of rotatable bonds is 2. The van der Waals surface area contributed by atoms with Crippen LogP contribution in [0.25, 0.3) is 10.8 Å². The van der Waals surface area contributed by atoms with Crippen LogP contribution in [0.5, 0.6) is 0 Å². The number of hydrogen-bond donors (Lipinski definition) is 0. The molecule has 0 unspecified atom stereocenters. The molecule has 0 amide bonds. The van der Waals surface area contributed by atoms with E-state index in [4.69, 9.17) is 4.74 Å². The molecule has 0 spiro atoms. The van der Waals surface area contributed by atoms with Crippen molar-refractivity contribution in [2.45, 2.75) is 26.4 Å². The van der Waals surface area contributed by atoms with Gasteiger partial charge in [0.1, 0.15) is 6.61 Å². The zero-order valence-corrected chi connectivity index (χ0v) is 9.82. The lowest BCUT2D eigenvalue weighted by Crippen LogP contribution is -1.99. The third kappa shape index (κ3) is 1.70. The van der Waals surface area contributed by atoms with Gasteiger partial charge in [-0.05, 0) is 40.3 Å². The lowest BCUT2D eigenvalue weighted by atomic mass is 10.0. The minimum atomic E-state index is -0.228. The van der Waals surface area contributed by atoms with Crippen LogP contribution in [0.15, 0.2) is 30.3 Å². The van der Waals surface area contributed by atoms with Crippen molar-refractivity contribution in [1.29, 1.82) is 0 Å². The Hall–Kier alpha value is -1.83. The van der Waals surface area contributed by atoms with Crippen LogP contribution in [0, 0.1) is 0 Å². The lowest BCUT2D eigenvalue weighted by molar-refractivity contribution is -0.142. The van der Waals surface area contributed by atoms with Crippen LogP contribution >= 0.6 is 0 Å². The molecule has 1 aliphatic carbocycles. The molecular formula is C15H14O2. The summed E-state index contributed by atoms with van der Waals surface area (Å²) in [5.41, 5.74) is 3.94. The molecule has 0 radical (unpaired) electrons. The Bertz CT molecular complexity index is 589. The van der Waals surface area contributed by atoms with Crippen LogP contribution in [0.3, 0.4) is 0 Å². The highest BCUT2D eigenvalue weighted by molar-refractivity contribution is 5.93. The molecule has 3 rings (SSSR count). The minimum Gasteiger partial charge on any atom is -0.461 e. The molecule has 86 valence electrons. The lowest BCUT2D eigenvalue weighted by Gasteiger charge is -2.08. The SMILES string of the molecule is CC(=O)OCc1ccc2c3c(cccc13)CC2. The van der Waals surface area contributed by atoms with Crippen molar-refractivity contribution in [1.82, 2.24) is 0 Å². The van der Waals surface area contributed by atoms with Crippen LogP contribution in [0.1, 0.15) is 23.6 Å². The van der Waals surface area contributed by atoms with Crippen molar-refractivity contribution in [3.05, 3.63) is 47.0 Å². The van der Waals surface area contributed by atoms with E-state index in [1.54, 1.807) is 0 Å². The Morgan fingerprint density at radius 2 is 1.94 bits per heavy atom. The predicted molar refractivity (Wildman–Crippen MR) is 66.8 cm³/mol. The summed E-state index contributed by atoms with van der Waals surface area (Å²) in [6.45, 7) is 1.82. The largest absolute Gasteiger partial charge is 0.461 e. The molecule has 2 nitrogen and oxygen atoms in total. The maximum absolute atomic E-state index is 10.9. The molecule has 0 aromatic heterocycles. The highest BCUT2D eigenvalue weighted by atomic mass is 16.5. The number of carbonyl (C=O) groups excluding carboxylic acids is 1. The molecule has 2 aromatic rings. The van der Waals surface area contributed by atoms with Gasteiger partial charge in [-0.3, -0.25) is 4.79 Å². The first-order valence-corrected chi connectivity index (χ1v) is 5.91. The number of ether oxygens (including phenoxy) is 1. The molecule has 0 bridgehead atoms. The van der Waals surface area contributed by atoms with Gasteiger partial charge in [0.05, 0.1) is 0 Å². The third-order valence-corrected chi connectivity index (χ3v) is 3.40. The van der Waals surface area contributed by atoms with Gasteiger partial charge in [0.15, 0.2) is 0 Å². The second kappa shape index (κ2) is 3.88. The number of benzene rings is 2. The molecule has 0 saturated heterocycles. The Morgan fingerprint density at radius 3 is 2.71 bits per heavy atom. The third-order valence-electron chi connectivity index (χ3n) is 3.40. The van der Waals surface area contributed by atoms with E-state index in [0.29, 0.717) is 6.61 Å². The maximum atomic E-state index is 10.9. The van der Waals surface area contributed by atoms with Gasteiger partial charge in [-0.25, -0.2) is 0 Å². The van der Waals surface area contributed by atoms with E-state index in [2.05, 4.69) is 30.3 Å². The fourth-order valence-electron chi connectivity index (χ4n) is 2.61. The molecule has 0 N–H and O–H groups in total. The zero-order chi connectivity index (χ0) is 11.8. The first-order chi connectivity index (χ1) is 8.25. The Labute approximate surface area is 100 Å². The van der Waals surface area contributed by atoms with Crippen LogP contribution in [0.2, 0.25) is 0 Å². The molecule has 0 atom stereocenters. The molecule has 2 aromatic carbocycles. The minimum absolute atomic E-state index is 0.228. The number of carbonyl (C=O) groups is 1. The first kappa shape index (κ1) is 10.3. The molecule has 17 heavy (non-hydrogen) atoms. The summed E-state index contributed by atoms with van der Waals surface area (Å²) in [7, 11) is 0. The highest BCUT2D eigenvalue weighted by Gasteiger charge is 2.15. The standard InChI is InChI=1S/C15H14O2/c1-10(16)17-9-13-8-7-12-6-5-11-3-2-4-14(13)15(11)12/h2-4,7-8H,5-6,9H2,1H3. The van der Waals surface area contributed by atoms with Gasteiger partial charge in [0.2, 0.25) is 0 Å². The second-order valence-corrected chi connectivity index (χ2v) is 4.50. The topological polar surface area (TPSA) is 26.3 Å². The average Bonchev–Trinajstić information content (AvgIpc) is 2.74. The van der Waals surface area contributed by atoms with Gasteiger partial charge in [-0.1, -0.05) is 30.3 Å².